The van der Waals surface area contributed by atoms with E-state index in [2.05, 4.69) is 9.69 Å². The van der Waals surface area contributed by atoms with Crippen molar-refractivity contribution < 1.29 is 223 Å². The van der Waals surface area contributed by atoms with Gasteiger partial charge in [-0.1, -0.05) is 0 Å². The molecule has 64 valence electrons. The second-order valence-corrected chi connectivity index (χ2v) is 0. The Labute approximate surface area is 282 Å². The van der Waals surface area contributed by atoms with Crippen LogP contribution in [0.4, 0.5) is 0 Å². The van der Waals surface area contributed by atoms with Crippen LogP contribution in [-0.2, 0) is 17.3 Å². The molecule has 0 aliphatic carbocycles. The van der Waals surface area contributed by atoms with Crippen molar-refractivity contribution in [3.8, 4) is 0 Å². The maximum absolute atomic E-state index is 6.25. The Balaban J connectivity index is -0.00000000321. The van der Waals surface area contributed by atoms with Crippen molar-refractivity contribution in [1.82, 2.24) is 0 Å². The van der Waals surface area contributed by atoms with Crippen LogP contribution in [0, 0.1) is 59.2 Å². The van der Waals surface area contributed by atoms with Gasteiger partial charge in [-0.05, 0) is 0 Å². The average Bonchev–Trinajstić information content (AvgIpc) is 2.33. The van der Waals surface area contributed by atoms with Crippen molar-refractivity contribution in [3.05, 3.63) is 32.9 Å². The molecule has 0 atom stereocenters. The Morgan fingerprint density at radius 3 is 0.438 bits per heavy atom. The van der Waals surface area contributed by atoms with Crippen LogP contribution in [0.1, 0.15) is 0 Å². The summed E-state index contributed by atoms with van der Waals surface area (Å²) in [5.74, 6) is 0. The molecule has 5 nitrogen and oxygen atoms in total. The van der Waals surface area contributed by atoms with Crippen LogP contribution in [0.15, 0.2) is 0 Å². The molecule has 0 rings (SSSR count). The van der Waals surface area contributed by atoms with Crippen LogP contribution < -0.4 is 206 Å². The summed E-state index contributed by atoms with van der Waals surface area (Å²) in [4.78, 5) is 0. The van der Waals surface area contributed by atoms with Gasteiger partial charge in [-0.15, -0.1) is 0 Å². The maximum atomic E-state index is 6.25. The Morgan fingerprint density at radius 2 is 0.438 bits per heavy atom. The molecule has 0 aliphatic rings. The van der Waals surface area contributed by atoms with E-state index in [1.54, 1.807) is 0 Å². The van der Waals surface area contributed by atoms with Gasteiger partial charge in [0.15, 0.2) is 0 Å². The van der Waals surface area contributed by atoms with E-state index in [4.69, 9.17) is 59.2 Å². The number of rotatable bonds is 0. The Morgan fingerprint density at radius 1 is 0.438 bits per heavy atom. The van der Waals surface area contributed by atoms with E-state index in [1.165, 1.54) is 0 Å². The first-order valence-electron chi connectivity index (χ1n) is 1.25. The van der Waals surface area contributed by atoms with Gasteiger partial charge in [-0.3, -0.25) is 0 Å². The predicted octanol–water partition coefficient (Wildman–Crippen LogP) is -10.8. The van der Waals surface area contributed by atoms with Gasteiger partial charge in [0.05, 0.1) is 0 Å². The minimum absolute atomic E-state index is 0. The molecule has 11 heteroatoms. The Bertz CT molecular complexity index is 91.4. The van der Waals surface area contributed by atoms with Crippen molar-refractivity contribution in [3.63, 3.8) is 0 Å². The van der Waals surface area contributed by atoms with Crippen molar-refractivity contribution >= 4 is 9.69 Å². The quantitative estimate of drug-likeness (QED) is 0.283. The summed E-state index contributed by atoms with van der Waals surface area (Å²) in [6.07, 6.45) is 0. The molecule has 0 aliphatic heterocycles. The second-order valence-electron chi connectivity index (χ2n) is 0. The smallest absolute Gasteiger partial charge is 1.00 e. The largest absolute Gasteiger partial charge is 1.00 e. The molecule has 0 aromatic rings. The number of hydrogen-bond acceptors (Lipinski definition) is 5. The topological polar surface area (TPSA) is 119 Å². The predicted molar refractivity (Wildman–Crippen MR) is 30.7 cm³/mol. The first-order chi connectivity index (χ1) is 6.00. The standard InChI is InChI=1S/5CN.ClH.4K.Ru/c5*1-2;;;;;;/h;;;;;1H;;;;;/q5*-1;;4*+1;+2/p-1. The van der Waals surface area contributed by atoms with E-state index >= 15 is 0 Å². The fourth-order valence-corrected chi connectivity index (χ4v) is 0. The van der Waals surface area contributed by atoms with E-state index in [-0.39, 0.29) is 206 Å². The molecule has 0 radical (unpaired) electrons. The molecule has 0 saturated carbocycles. The van der Waals surface area contributed by atoms with Crippen molar-refractivity contribution in [2.24, 2.45) is 0 Å². The number of halogens is 1. The molecule has 0 aromatic heterocycles. The van der Waals surface area contributed by atoms with Gasteiger partial charge in [0.25, 0.3) is 0 Å². The Hall–Kier alpha value is 4.91. The van der Waals surface area contributed by atoms with Crippen molar-refractivity contribution in [2.75, 3.05) is 0 Å². The van der Waals surface area contributed by atoms with E-state index in [9.17, 15) is 0 Å². The van der Waals surface area contributed by atoms with Gasteiger partial charge in [-0.25, -0.2) is 0 Å². The van der Waals surface area contributed by atoms with Gasteiger partial charge in [0.1, 0.15) is 0 Å². The average molecular weight is 423 g/mol. The maximum Gasteiger partial charge on any atom is 1.00 e. The third-order valence-corrected chi connectivity index (χ3v) is 0. The molecule has 0 saturated heterocycles. The van der Waals surface area contributed by atoms with Gasteiger partial charge < -0.3 is 59.2 Å². The summed E-state index contributed by atoms with van der Waals surface area (Å²) >= 11 is 1.82. The minimum Gasteiger partial charge on any atom is 1.00 e. The van der Waals surface area contributed by atoms with E-state index in [0.29, 0.717) is 0 Å². The molecule has 0 spiro atoms. The molecule has 0 fully saturated rings. The van der Waals surface area contributed by atoms with Gasteiger partial charge in [0, 0.05) is 0 Å². The molecular formula is C5ClK4N5Ru. The van der Waals surface area contributed by atoms with Gasteiger partial charge in [-0.2, -0.15) is 0 Å². The van der Waals surface area contributed by atoms with Gasteiger partial charge >= 0.3 is 233 Å². The fourth-order valence-electron chi connectivity index (χ4n) is 0. The summed E-state index contributed by atoms with van der Waals surface area (Å²) in [5.41, 5.74) is 0. The zero-order valence-corrected chi connectivity index (χ0v) is 24.5. The summed E-state index contributed by atoms with van der Waals surface area (Å²) in [6, 6.07) is 0. The van der Waals surface area contributed by atoms with Crippen molar-refractivity contribution in [2.45, 2.75) is 0 Å². The monoisotopic (exact) mass is 423 g/mol. The molecule has 0 unspecified atom stereocenters. The molecule has 0 bridgehead atoms. The first-order valence-corrected chi connectivity index (χ1v) is 3.49. The fraction of sp³-hybridized carbons (Fsp3) is 0. The summed E-state index contributed by atoms with van der Waals surface area (Å²) < 4.78 is 0. The summed E-state index contributed by atoms with van der Waals surface area (Å²) in [6.45, 7) is 23.8. The molecular weight excluding hydrogens is 423 g/mol. The van der Waals surface area contributed by atoms with Crippen LogP contribution in [-0.4, -0.2) is 0 Å². The van der Waals surface area contributed by atoms with Crippen LogP contribution in [0.25, 0.3) is 0 Å². The zero-order valence-electron chi connectivity index (χ0n) is 9.47. The Kier molecular flexibility index (Phi) is 1290. The SMILES string of the molecule is [C-]#N.[C-]#N.[C-]#N.[C-]#N.[C-]#N.[Cl][Ru+].[K+].[K+].[K+].[K+]. The van der Waals surface area contributed by atoms with Crippen molar-refractivity contribution in [1.29, 1.82) is 26.3 Å². The molecule has 0 aromatic carbocycles. The summed E-state index contributed by atoms with van der Waals surface area (Å²) in [7, 11) is 4.57. The summed E-state index contributed by atoms with van der Waals surface area (Å²) in [5, 5.41) is 31.2. The minimum atomic E-state index is 0. The third kappa shape index (κ3) is 252. The molecule has 16 heavy (non-hydrogen) atoms. The number of nitrogens with zero attached hydrogens (tertiary/aromatic N) is 5. The second kappa shape index (κ2) is 295. The van der Waals surface area contributed by atoms with Crippen LogP contribution in [0.5, 0.6) is 0 Å². The first kappa shape index (κ1) is 69.6. The molecule has 0 N–H and O–H groups in total. The molecule has 0 amide bonds. The number of hydrogen-bond donors (Lipinski definition) is 0. The van der Waals surface area contributed by atoms with Crippen LogP contribution >= 0.6 is 9.69 Å². The van der Waals surface area contributed by atoms with Crippen LogP contribution in [0.2, 0.25) is 0 Å². The third-order valence-electron chi connectivity index (χ3n) is 0. The molecule has 0 heterocycles. The van der Waals surface area contributed by atoms with E-state index in [1.807, 2.05) is 17.3 Å². The van der Waals surface area contributed by atoms with Gasteiger partial charge in [0.2, 0.25) is 0 Å². The zero-order chi connectivity index (χ0) is 12.0. The normalized spacial score (nSPS) is 1.00. The van der Waals surface area contributed by atoms with E-state index < -0.39 is 0 Å². The van der Waals surface area contributed by atoms with E-state index in [0.717, 1.165) is 0 Å². The van der Waals surface area contributed by atoms with Crippen LogP contribution in [0.3, 0.4) is 0 Å².